The summed E-state index contributed by atoms with van der Waals surface area (Å²) in [4.78, 5) is 26.0. The molecular weight excluding hydrogens is 468 g/mol. The molecule has 4 rings (SSSR count). The molecule has 0 aliphatic heterocycles. The zero-order chi connectivity index (χ0) is 26.4. The first-order chi connectivity index (χ1) is 17.9. The summed E-state index contributed by atoms with van der Waals surface area (Å²) in [6, 6.07) is 15.1. The van der Waals surface area contributed by atoms with E-state index in [2.05, 4.69) is 10.6 Å². The standard InChI is InChI=1S/C28H36N6O3/c1-2-37-26(31)20-7-6-19-15-25(28(36)33-23-10-8-22(30)9-11-23)34(24(19)16-20)17-18-4-3-5-21(14-18)27(35)32-13-12-29/h3-7,14-16,22-23,31H,2,8-13,17,29-30H2,1H3,(H,32,35)(H,33,36)/t22-,23-. The number of ether oxygens (including phenoxy) is 1. The van der Waals surface area contributed by atoms with Crippen molar-refractivity contribution < 1.29 is 14.3 Å². The minimum Gasteiger partial charge on any atom is -0.478 e. The average Bonchev–Trinajstić information content (AvgIpc) is 3.26. The number of nitrogens with two attached hydrogens (primary N) is 2. The van der Waals surface area contributed by atoms with Crippen LogP contribution in [0.4, 0.5) is 0 Å². The quantitative estimate of drug-likeness (QED) is 0.224. The molecule has 0 atom stereocenters. The summed E-state index contributed by atoms with van der Waals surface area (Å²) in [6.07, 6.45) is 3.53. The molecule has 1 fully saturated rings. The molecular formula is C28H36N6O3. The fourth-order valence-electron chi connectivity index (χ4n) is 4.79. The first-order valence-electron chi connectivity index (χ1n) is 12.9. The van der Waals surface area contributed by atoms with E-state index in [1.807, 2.05) is 54.0 Å². The highest BCUT2D eigenvalue weighted by Crippen LogP contribution is 2.25. The summed E-state index contributed by atoms with van der Waals surface area (Å²) in [6.45, 7) is 3.38. The number of nitrogens with one attached hydrogen (secondary N) is 3. The molecule has 1 heterocycles. The van der Waals surface area contributed by atoms with Gasteiger partial charge in [-0.3, -0.25) is 15.0 Å². The normalized spacial score (nSPS) is 17.4. The van der Waals surface area contributed by atoms with Gasteiger partial charge in [0.1, 0.15) is 5.69 Å². The molecule has 9 nitrogen and oxygen atoms in total. The van der Waals surface area contributed by atoms with Crippen LogP contribution in [0.15, 0.2) is 48.5 Å². The number of nitrogens with zero attached hydrogens (tertiary/aromatic N) is 1. The number of rotatable bonds is 9. The lowest BCUT2D eigenvalue weighted by Gasteiger charge is -2.27. The molecule has 1 aliphatic carbocycles. The predicted octanol–water partition coefficient (Wildman–Crippen LogP) is 2.74. The van der Waals surface area contributed by atoms with E-state index in [1.54, 1.807) is 6.07 Å². The van der Waals surface area contributed by atoms with E-state index >= 15 is 0 Å². The molecule has 2 amide bonds. The third-order valence-electron chi connectivity index (χ3n) is 6.75. The second-order valence-electron chi connectivity index (χ2n) is 9.48. The van der Waals surface area contributed by atoms with Crippen LogP contribution in [0.3, 0.4) is 0 Å². The van der Waals surface area contributed by atoms with Crippen LogP contribution in [-0.4, -0.2) is 54.1 Å². The van der Waals surface area contributed by atoms with Gasteiger partial charge in [0.2, 0.25) is 5.90 Å². The molecule has 0 spiro atoms. The highest BCUT2D eigenvalue weighted by atomic mass is 16.5. The molecule has 3 aromatic rings. The third kappa shape index (κ3) is 6.36. The number of hydrogen-bond donors (Lipinski definition) is 5. The van der Waals surface area contributed by atoms with Crippen molar-refractivity contribution in [2.24, 2.45) is 11.5 Å². The van der Waals surface area contributed by atoms with Crippen LogP contribution in [0.25, 0.3) is 10.9 Å². The first kappa shape index (κ1) is 26.4. The van der Waals surface area contributed by atoms with Gasteiger partial charge < -0.3 is 31.4 Å². The second-order valence-corrected chi connectivity index (χ2v) is 9.48. The lowest BCUT2D eigenvalue weighted by Crippen LogP contribution is -2.41. The van der Waals surface area contributed by atoms with Crippen molar-refractivity contribution in [2.75, 3.05) is 19.7 Å². The van der Waals surface area contributed by atoms with Crippen molar-refractivity contribution >= 4 is 28.6 Å². The summed E-state index contributed by atoms with van der Waals surface area (Å²) in [5.41, 5.74) is 14.9. The summed E-state index contributed by atoms with van der Waals surface area (Å²) in [5.74, 6) is -0.249. The number of benzene rings is 2. The Morgan fingerprint density at radius 3 is 2.57 bits per heavy atom. The summed E-state index contributed by atoms with van der Waals surface area (Å²) in [7, 11) is 0. The largest absolute Gasteiger partial charge is 0.478 e. The molecule has 0 unspecified atom stereocenters. The van der Waals surface area contributed by atoms with Crippen molar-refractivity contribution in [1.29, 1.82) is 5.41 Å². The van der Waals surface area contributed by atoms with E-state index in [4.69, 9.17) is 21.6 Å². The van der Waals surface area contributed by atoms with Gasteiger partial charge in [-0.25, -0.2) is 0 Å². The van der Waals surface area contributed by atoms with Gasteiger partial charge in [0.15, 0.2) is 0 Å². The zero-order valence-electron chi connectivity index (χ0n) is 21.3. The molecule has 37 heavy (non-hydrogen) atoms. The highest BCUT2D eigenvalue weighted by Gasteiger charge is 2.23. The number of fused-ring (bicyclic) bond motifs is 1. The van der Waals surface area contributed by atoms with Gasteiger partial charge in [0.05, 0.1) is 6.61 Å². The van der Waals surface area contributed by atoms with Crippen LogP contribution in [-0.2, 0) is 11.3 Å². The molecule has 1 aromatic heterocycles. The number of aromatic nitrogens is 1. The molecule has 1 saturated carbocycles. The molecule has 0 radical (unpaired) electrons. The number of carbonyl (C=O) groups is 2. The zero-order valence-corrected chi connectivity index (χ0v) is 21.3. The molecule has 0 bridgehead atoms. The van der Waals surface area contributed by atoms with Gasteiger partial charge in [0.25, 0.3) is 11.8 Å². The lowest BCUT2D eigenvalue weighted by atomic mass is 9.92. The van der Waals surface area contributed by atoms with Crippen molar-refractivity contribution in [3.8, 4) is 0 Å². The lowest BCUT2D eigenvalue weighted by molar-refractivity contribution is 0.0915. The van der Waals surface area contributed by atoms with Crippen LogP contribution in [0.2, 0.25) is 0 Å². The van der Waals surface area contributed by atoms with Crippen LogP contribution >= 0.6 is 0 Å². The van der Waals surface area contributed by atoms with E-state index < -0.39 is 0 Å². The van der Waals surface area contributed by atoms with Crippen LogP contribution < -0.4 is 22.1 Å². The van der Waals surface area contributed by atoms with Crippen LogP contribution in [0.5, 0.6) is 0 Å². The van der Waals surface area contributed by atoms with Crippen molar-refractivity contribution in [2.45, 2.75) is 51.2 Å². The molecule has 2 aromatic carbocycles. The minimum absolute atomic E-state index is 0.0836. The Balaban J connectivity index is 1.69. The van der Waals surface area contributed by atoms with Gasteiger partial charge in [-0.15, -0.1) is 0 Å². The third-order valence-corrected chi connectivity index (χ3v) is 6.75. The van der Waals surface area contributed by atoms with E-state index in [0.29, 0.717) is 43.1 Å². The maximum atomic E-state index is 13.5. The van der Waals surface area contributed by atoms with Crippen LogP contribution in [0, 0.1) is 5.41 Å². The van der Waals surface area contributed by atoms with E-state index in [1.165, 1.54) is 0 Å². The average molecular weight is 505 g/mol. The second kappa shape index (κ2) is 12.0. The Morgan fingerprint density at radius 2 is 1.84 bits per heavy atom. The molecule has 0 saturated heterocycles. The first-order valence-corrected chi connectivity index (χ1v) is 12.9. The fraction of sp³-hybridized carbons (Fsp3) is 0.393. The van der Waals surface area contributed by atoms with Gasteiger partial charge in [0, 0.05) is 53.7 Å². The Morgan fingerprint density at radius 1 is 1.05 bits per heavy atom. The summed E-state index contributed by atoms with van der Waals surface area (Å²) in [5, 5.41) is 15.1. The molecule has 196 valence electrons. The van der Waals surface area contributed by atoms with Crippen LogP contribution in [0.1, 0.15) is 64.6 Å². The minimum atomic E-state index is -0.189. The highest BCUT2D eigenvalue weighted by molar-refractivity contribution is 6.01. The number of hydrogen-bond acceptors (Lipinski definition) is 6. The summed E-state index contributed by atoms with van der Waals surface area (Å²) < 4.78 is 7.35. The Bertz CT molecular complexity index is 1280. The van der Waals surface area contributed by atoms with Gasteiger partial charge in [-0.05, 0) is 68.5 Å². The van der Waals surface area contributed by atoms with Gasteiger partial charge >= 0.3 is 0 Å². The van der Waals surface area contributed by atoms with E-state index in [0.717, 1.165) is 42.1 Å². The summed E-state index contributed by atoms with van der Waals surface area (Å²) >= 11 is 0. The predicted molar refractivity (Wildman–Crippen MR) is 145 cm³/mol. The Kier molecular flexibility index (Phi) is 8.58. The number of amides is 2. The smallest absolute Gasteiger partial charge is 0.268 e. The van der Waals surface area contributed by atoms with Crippen molar-refractivity contribution in [3.05, 3.63) is 70.9 Å². The fourth-order valence-corrected chi connectivity index (χ4v) is 4.79. The molecule has 1 aliphatic rings. The van der Waals surface area contributed by atoms with E-state index in [-0.39, 0.29) is 29.8 Å². The van der Waals surface area contributed by atoms with Crippen molar-refractivity contribution in [1.82, 2.24) is 15.2 Å². The Labute approximate surface area is 217 Å². The number of carbonyl (C=O) groups excluding carboxylic acids is 2. The SMILES string of the molecule is CCOC(=N)c1ccc2cc(C(=O)N[C@H]3CC[C@H](N)CC3)n(Cc3cccc(C(=O)NCCN)c3)c2c1. The molecule has 7 N–H and O–H groups in total. The Hall–Kier alpha value is -3.69. The maximum Gasteiger partial charge on any atom is 0.268 e. The van der Waals surface area contributed by atoms with E-state index in [9.17, 15) is 9.59 Å². The molecule has 9 heteroatoms. The monoisotopic (exact) mass is 504 g/mol. The maximum absolute atomic E-state index is 13.5. The van der Waals surface area contributed by atoms with Gasteiger partial charge in [-0.1, -0.05) is 18.2 Å². The topological polar surface area (TPSA) is 148 Å². The van der Waals surface area contributed by atoms with Crippen molar-refractivity contribution in [3.63, 3.8) is 0 Å². The van der Waals surface area contributed by atoms with Gasteiger partial charge in [-0.2, -0.15) is 0 Å².